The number of aromatic amines is 1. The summed E-state index contributed by atoms with van der Waals surface area (Å²) >= 11 is 0. The van der Waals surface area contributed by atoms with E-state index in [-0.39, 0.29) is 22.4 Å². The molecule has 0 spiro atoms. The van der Waals surface area contributed by atoms with E-state index in [9.17, 15) is 9.90 Å². The van der Waals surface area contributed by atoms with Gasteiger partial charge in [0.15, 0.2) is 0 Å². The SMILES string of the molecule is CC12CCC(C)(CC(CNc3ccc(-c4ccc(-c5cc[nH]c(=O)c5)cc4O)nn3)C1)N2. The van der Waals surface area contributed by atoms with E-state index in [2.05, 4.69) is 39.7 Å². The van der Waals surface area contributed by atoms with E-state index in [0.717, 1.165) is 23.5 Å². The molecule has 2 fully saturated rings. The van der Waals surface area contributed by atoms with E-state index in [1.54, 1.807) is 24.4 Å². The van der Waals surface area contributed by atoms with Gasteiger partial charge < -0.3 is 20.7 Å². The van der Waals surface area contributed by atoms with Gasteiger partial charge in [0, 0.05) is 35.4 Å². The molecule has 2 aliphatic heterocycles. The average Bonchev–Trinajstić information content (AvgIpc) is 2.99. The fourth-order valence-electron chi connectivity index (χ4n) is 5.57. The van der Waals surface area contributed by atoms with Crippen molar-refractivity contribution in [1.82, 2.24) is 20.5 Å². The van der Waals surface area contributed by atoms with E-state index in [1.165, 1.54) is 31.7 Å². The third-order valence-corrected chi connectivity index (χ3v) is 6.93. The highest BCUT2D eigenvalue weighted by Crippen LogP contribution is 2.44. The van der Waals surface area contributed by atoms with E-state index in [4.69, 9.17) is 0 Å². The molecule has 166 valence electrons. The number of hydrogen-bond acceptors (Lipinski definition) is 6. The highest BCUT2D eigenvalue weighted by Gasteiger charge is 2.48. The lowest BCUT2D eigenvalue weighted by atomic mass is 9.80. The van der Waals surface area contributed by atoms with Crippen molar-refractivity contribution in [3.63, 3.8) is 0 Å². The summed E-state index contributed by atoms with van der Waals surface area (Å²) in [5.74, 6) is 1.45. The molecule has 4 N–H and O–H groups in total. The van der Waals surface area contributed by atoms with Crippen LogP contribution in [0.3, 0.4) is 0 Å². The number of aromatic hydroxyl groups is 1. The quantitative estimate of drug-likeness (QED) is 0.488. The van der Waals surface area contributed by atoms with Crippen molar-refractivity contribution in [1.29, 1.82) is 0 Å². The van der Waals surface area contributed by atoms with Gasteiger partial charge in [0.1, 0.15) is 11.6 Å². The highest BCUT2D eigenvalue weighted by atomic mass is 16.3. The van der Waals surface area contributed by atoms with Crippen LogP contribution in [0, 0.1) is 5.92 Å². The first-order chi connectivity index (χ1) is 15.3. The number of pyridine rings is 1. The minimum Gasteiger partial charge on any atom is -0.507 e. The van der Waals surface area contributed by atoms with Crippen molar-refractivity contribution in [2.75, 3.05) is 11.9 Å². The molecule has 2 saturated heterocycles. The van der Waals surface area contributed by atoms with Crippen LogP contribution in [0.2, 0.25) is 0 Å². The number of nitrogens with zero attached hydrogens (tertiary/aromatic N) is 2. The number of nitrogens with one attached hydrogen (secondary N) is 3. The molecule has 2 bridgehead atoms. The molecule has 1 aromatic carbocycles. The van der Waals surface area contributed by atoms with Crippen LogP contribution >= 0.6 is 0 Å². The molecule has 7 heteroatoms. The van der Waals surface area contributed by atoms with Crippen molar-refractivity contribution >= 4 is 5.82 Å². The lowest BCUT2D eigenvalue weighted by Crippen LogP contribution is -2.54. The van der Waals surface area contributed by atoms with Crippen LogP contribution in [0.15, 0.2) is 53.5 Å². The van der Waals surface area contributed by atoms with Gasteiger partial charge in [0.2, 0.25) is 5.56 Å². The molecule has 0 aliphatic carbocycles. The summed E-state index contributed by atoms with van der Waals surface area (Å²) in [5.41, 5.74) is 3.05. The number of aromatic nitrogens is 3. The molecule has 3 aromatic rings. The maximum Gasteiger partial charge on any atom is 0.248 e. The Labute approximate surface area is 187 Å². The summed E-state index contributed by atoms with van der Waals surface area (Å²) < 4.78 is 0. The van der Waals surface area contributed by atoms with Crippen LogP contribution in [0.4, 0.5) is 5.82 Å². The number of piperidine rings is 1. The summed E-state index contributed by atoms with van der Waals surface area (Å²) in [5, 5.41) is 26.5. The van der Waals surface area contributed by atoms with Crippen molar-refractivity contribution < 1.29 is 5.11 Å². The lowest BCUT2D eigenvalue weighted by molar-refractivity contribution is 0.178. The second-order valence-corrected chi connectivity index (χ2v) is 9.88. The van der Waals surface area contributed by atoms with Gasteiger partial charge in [-0.15, -0.1) is 10.2 Å². The maximum atomic E-state index is 11.5. The van der Waals surface area contributed by atoms with E-state index in [1.807, 2.05) is 18.2 Å². The first-order valence-corrected chi connectivity index (χ1v) is 11.2. The number of hydrogen-bond donors (Lipinski definition) is 4. The molecule has 0 amide bonds. The second kappa shape index (κ2) is 7.74. The third-order valence-electron chi connectivity index (χ3n) is 6.93. The first-order valence-electron chi connectivity index (χ1n) is 11.2. The van der Waals surface area contributed by atoms with Crippen molar-refractivity contribution in [2.24, 2.45) is 5.92 Å². The Morgan fingerprint density at radius 3 is 2.44 bits per heavy atom. The maximum absolute atomic E-state index is 11.5. The summed E-state index contributed by atoms with van der Waals surface area (Å²) in [4.78, 5) is 14.1. The zero-order valence-corrected chi connectivity index (χ0v) is 18.5. The number of fused-ring (bicyclic) bond motifs is 2. The second-order valence-electron chi connectivity index (χ2n) is 9.88. The molecule has 32 heavy (non-hydrogen) atoms. The normalized spacial score (nSPS) is 26.8. The molecule has 4 heterocycles. The van der Waals surface area contributed by atoms with E-state index in [0.29, 0.717) is 17.2 Å². The highest BCUT2D eigenvalue weighted by molar-refractivity contribution is 5.74. The Morgan fingerprint density at radius 1 is 1.03 bits per heavy atom. The van der Waals surface area contributed by atoms with Gasteiger partial charge in [-0.05, 0) is 86.9 Å². The summed E-state index contributed by atoms with van der Waals surface area (Å²) in [6.45, 7) is 5.57. The van der Waals surface area contributed by atoms with Crippen molar-refractivity contribution in [3.8, 4) is 28.1 Å². The molecule has 0 radical (unpaired) electrons. The molecule has 2 atom stereocenters. The number of H-pyrrole nitrogens is 1. The molecule has 5 rings (SSSR count). The number of rotatable bonds is 5. The van der Waals surface area contributed by atoms with Crippen LogP contribution in [0.25, 0.3) is 22.4 Å². The summed E-state index contributed by atoms with van der Waals surface area (Å²) in [6, 6.07) is 12.4. The Bertz CT molecular complexity index is 1170. The predicted octanol–water partition coefficient (Wildman–Crippen LogP) is 3.93. The molecule has 0 saturated carbocycles. The summed E-state index contributed by atoms with van der Waals surface area (Å²) in [6.07, 6.45) is 6.44. The number of phenols is 1. The molecule has 2 aliphatic rings. The average molecular weight is 432 g/mol. The standard InChI is InChI=1S/C25H29N5O2/c1-24-8-9-25(2,30-24)14-16(13-24)15-27-22-6-5-20(28-29-22)19-4-3-17(11-21(19)31)18-7-10-26-23(32)12-18/h3-7,10-12,16,30-31H,8-9,13-15H2,1-2H3,(H,26,32)(H,27,29). The number of benzene rings is 1. The Kier molecular flexibility index (Phi) is 5.01. The Morgan fingerprint density at radius 2 is 1.78 bits per heavy atom. The van der Waals surface area contributed by atoms with Crippen LogP contribution in [0.1, 0.15) is 39.5 Å². The van der Waals surface area contributed by atoms with Crippen LogP contribution in [0.5, 0.6) is 5.75 Å². The molecule has 2 aromatic heterocycles. The summed E-state index contributed by atoms with van der Waals surface area (Å²) in [7, 11) is 0. The van der Waals surface area contributed by atoms with E-state index < -0.39 is 0 Å². The fraction of sp³-hybridized carbons (Fsp3) is 0.400. The van der Waals surface area contributed by atoms with Gasteiger partial charge >= 0.3 is 0 Å². The third kappa shape index (κ3) is 4.12. The van der Waals surface area contributed by atoms with Gasteiger partial charge in [-0.3, -0.25) is 4.79 Å². The van der Waals surface area contributed by atoms with Crippen LogP contribution in [-0.4, -0.2) is 37.9 Å². The van der Waals surface area contributed by atoms with Gasteiger partial charge in [-0.25, -0.2) is 0 Å². The smallest absolute Gasteiger partial charge is 0.248 e. The first kappa shape index (κ1) is 20.7. The zero-order chi connectivity index (χ0) is 22.3. The Balaban J connectivity index is 1.26. The predicted molar refractivity (Wildman–Crippen MR) is 126 cm³/mol. The monoisotopic (exact) mass is 431 g/mol. The number of phenolic OH excluding ortho intramolecular Hbond substituents is 1. The van der Waals surface area contributed by atoms with Crippen LogP contribution < -0.4 is 16.2 Å². The van der Waals surface area contributed by atoms with Gasteiger partial charge in [0.25, 0.3) is 0 Å². The Hall–Kier alpha value is -3.19. The van der Waals surface area contributed by atoms with Gasteiger partial charge in [0.05, 0.1) is 5.69 Å². The molecular formula is C25H29N5O2. The lowest BCUT2D eigenvalue weighted by Gasteiger charge is -2.42. The van der Waals surface area contributed by atoms with Crippen molar-refractivity contribution in [3.05, 3.63) is 59.0 Å². The van der Waals surface area contributed by atoms with E-state index >= 15 is 0 Å². The molecular weight excluding hydrogens is 402 g/mol. The minimum absolute atomic E-state index is 0.101. The van der Waals surface area contributed by atoms with Gasteiger partial charge in [-0.1, -0.05) is 6.07 Å². The number of anilines is 1. The van der Waals surface area contributed by atoms with Crippen LogP contribution in [-0.2, 0) is 0 Å². The minimum atomic E-state index is -0.180. The zero-order valence-electron chi connectivity index (χ0n) is 18.5. The largest absolute Gasteiger partial charge is 0.507 e. The van der Waals surface area contributed by atoms with Crippen molar-refractivity contribution in [2.45, 2.75) is 50.6 Å². The fourth-order valence-corrected chi connectivity index (χ4v) is 5.57. The molecule has 2 unspecified atom stereocenters. The van der Waals surface area contributed by atoms with Gasteiger partial charge in [-0.2, -0.15) is 0 Å². The molecule has 7 nitrogen and oxygen atoms in total. The topological polar surface area (TPSA) is 103 Å².